The van der Waals surface area contributed by atoms with E-state index >= 15 is 0 Å². The molecule has 0 saturated carbocycles. The Bertz CT molecular complexity index is 1230. The van der Waals surface area contributed by atoms with Crippen LogP contribution in [0.1, 0.15) is 21.6 Å². The second-order valence-electron chi connectivity index (χ2n) is 6.77. The smallest absolute Gasteiger partial charge is 0.277 e. The number of carbonyl (C=O) groups excluding carboxylic acids is 1. The highest BCUT2D eigenvalue weighted by Crippen LogP contribution is 2.26. The van der Waals surface area contributed by atoms with Crippen molar-refractivity contribution >= 4 is 17.5 Å². The molecule has 3 aromatic rings. The Labute approximate surface area is 185 Å². The lowest BCUT2D eigenvalue weighted by molar-refractivity contribution is 0.0944. The van der Waals surface area contributed by atoms with Crippen molar-refractivity contribution < 1.29 is 27.8 Å². The number of rotatable bonds is 7. The lowest BCUT2D eigenvalue weighted by Crippen LogP contribution is -2.27. The lowest BCUT2D eigenvalue weighted by Gasteiger charge is -2.16. The third kappa shape index (κ3) is 4.95. The Hall–Kier alpha value is -3.30. The van der Waals surface area contributed by atoms with Gasteiger partial charge >= 0.3 is 0 Å². The van der Waals surface area contributed by atoms with E-state index in [9.17, 15) is 22.8 Å². The van der Waals surface area contributed by atoms with Crippen LogP contribution in [0.3, 0.4) is 0 Å². The van der Waals surface area contributed by atoms with Gasteiger partial charge in [-0.3, -0.25) is 14.2 Å². The van der Waals surface area contributed by atoms with Gasteiger partial charge in [-0.05, 0) is 37.3 Å². The third-order valence-electron chi connectivity index (χ3n) is 4.54. The molecule has 1 heterocycles. The van der Waals surface area contributed by atoms with Gasteiger partial charge in [-0.2, -0.15) is 0 Å². The first-order valence-corrected chi connectivity index (χ1v) is 9.78. The van der Waals surface area contributed by atoms with Gasteiger partial charge in [0.05, 0.1) is 12.3 Å². The zero-order valence-electron chi connectivity index (χ0n) is 16.8. The molecule has 1 amide bonds. The Balaban J connectivity index is 1.95. The molecule has 0 saturated heterocycles. The molecule has 0 bridgehead atoms. The van der Waals surface area contributed by atoms with Crippen LogP contribution >= 0.6 is 11.6 Å². The summed E-state index contributed by atoms with van der Waals surface area (Å²) < 4.78 is 47.8. The maximum absolute atomic E-state index is 14.5. The molecule has 6 nitrogen and oxygen atoms in total. The van der Waals surface area contributed by atoms with Crippen LogP contribution in [0.15, 0.2) is 47.3 Å². The number of benzene rings is 2. The van der Waals surface area contributed by atoms with Crippen molar-refractivity contribution in [3.05, 3.63) is 92.1 Å². The molecule has 0 atom stereocenters. The molecule has 0 aliphatic carbocycles. The summed E-state index contributed by atoms with van der Waals surface area (Å²) in [5.74, 6) is -2.95. The van der Waals surface area contributed by atoms with E-state index in [2.05, 4.69) is 5.32 Å². The third-order valence-corrected chi connectivity index (χ3v) is 4.89. The van der Waals surface area contributed by atoms with Gasteiger partial charge in [-0.1, -0.05) is 11.6 Å². The maximum Gasteiger partial charge on any atom is 0.277 e. The number of aryl methyl sites for hydroxylation is 1. The average Bonchev–Trinajstić information content (AvgIpc) is 2.75. The molecular formula is C22H18ClF3N2O4. The van der Waals surface area contributed by atoms with Crippen molar-refractivity contribution in [2.75, 3.05) is 13.2 Å². The molecule has 2 N–H and O–H groups in total. The lowest BCUT2D eigenvalue weighted by atomic mass is 10.1. The molecule has 0 radical (unpaired) electrons. The summed E-state index contributed by atoms with van der Waals surface area (Å²) in [5, 5.41) is 10.9. The number of pyridine rings is 1. The Kier molecular flexibility index (Phi) is 7.22. The predicted octanol–water partition coefficient (Wildman–Crippen LogP) is 3.52. The number of amides is 1. The van der Waals surface area contributed by atoms with E-state index in [0.29, 0.717) is 6.07 Å². The summed E-state index contributed by atoms with van der Waals surface area (Å²) >= 11 is 6.13. The van der Waals surface area contributed by atoms with Crippen LogP contribution in [0.5, 0.6) is 5.75 Å². The summed E-state index contributed by atoms with van der Waals surface area (Å²) in [6, 6.07) is 7.79. The number of nitrogens with one attached hydrogen (secondary N) is 1. The summed E-state index contributed by atoms with van der Waals surface area (Å²) in [6.07, 6.45) is 0. The minimum Gasteiger partial charge on any atom is -0.487 e. The number of hydrogen-bond acceptors (Lipinski definition) is 4. The molecule has 0 fully saturated rings. The van der Waals surface area contributed by atoms with E-state index in [1.165, 1.54) is 31.2 Å². The van der Waals surface area contributed by atoms with Crippen LogP contribution in [0, 0.1) is 24.4 Å². The highest BCUT2D eigenvalue weighted by atomic mass is 35.5. The van der Waals surface area contributed by atoms with Crippen LogP contribution in [0.25, 0.3) is 5.69 Å². The SMILES string of the molecule is Cc1cc(OCc2ccc(F)cc2F)c(Cl)c(=O)n1-c1cc(C(=O)NCCO)ccc1F. The van der Waals surface area contributed by atoms with Crippen LogP contribution < -0.4 is 15.6 Å². The maximum atomic E-state index is 14.5. The van der Waals surface area contributed by atoms with E-state index in [1.54, 1.807) is 0 Å². The van der Waals surface area contributed by atoms with E-state index in [0.717, 1.165) is 16.7 Å². The van der Waals surface area contributed by atoms with E-state index < -0.39 is 28.9 Å². The van der Waals surface area contributed by atoms with Gasteiger partial charge in [-0.25, -0.2) is 13.2 Å². The fourth-order valence-electron chi connectivity index (χ4n) is 2.98. The van der Waals surface area contributed by atoms with Gasteiger partial charge in [0.2, 0.25) is 0 Å². The number of ether oxygens (including phenoxy) is 1. The zero-order valence-corrected chi connectivity index (χ0v) is 17.5. The summed E-state index contributed by atoms with van der Waals surface area (Å²) in [7, 11) is 0. The van der Waals surface area contributed by atoms with Gasteiger partial charge in [-0.15, -0.1) is 0 Å². The predicted molar refractivity (Wildman–Crippen MR) is 112 cm³/mol. The van der Waals surface area contributed by atoms with Crippen molar-refractivity contribution in [1.29, 1.82) is 0 Å². The molecule has 2 aromatic carbocycles. The molecule has 168 valence electrons. The summed E-state index contributed by atoms with van der Waals surface area (Å²) in [5.41, 5.74) is -0.655. The molecule has 3 rings (SSSR count). The number of aliphatic hydroxyl groups is 1. The number of halogens is 4. The summed E-state index contributed by atoms with van der Waals surface area (Å²) in [4.78, 5) is 25.0. The fraction of sp³-hybridized carbons (Fsp3) is 0.182. The topological polar surface area (TPSA) is 80.6 Å². The Morgan fingerprint density at radius 3 is 2.56 bits per heavy atom. The molecule has 10 heteroatoms. The quantitative estimate of drug-likeness (QED) is 0.558. The zero-order chi connectivity index (χ0) is 23.4. The number of carbonyl (C=O) groups is 1. The molecule has 0 unspecified atom stereocenters. The standard InChI is InChI=1S/C22H18ClF3N2O4/c1-12-8-19(32-11-14-2-4-15(24)10-17(14)26)20(23)22(31)28(12)18-9-13(3-5-16(18)25)21(30)27-6-7-29/h2-5,8-10,29H,6-7,11H2,1H3,(H,27,30). The van der Waals surface area contributed by atoms with Crippen molar-refractivity contribution in [2.24, 2.45) is 0 Å². The first-order chi connectivity index (χ1) is 15.2. The summed E-state index contributed by atoms with van der Waals surface area (Å²) in [6.45, 7) is 0.929. The van der Waals surface area contributed by atoms with Gasteiger partial charge in [0.1, 0.15) is 34.8 Å². The van der Waals surface area contributed by atoms with Crippen molar-refractivity contribution in [3.63, 3.8) is 0 Å². The minimum absolute atomic E-state index is 0.0109. The van der Waals surface area contributed by atoms with Gasteiger partial charge < -0.3 is 15.2 Å². The Morgan fingerprint density at radius 2 is 1.88 bits per heavy atom. The number of aromatic nitrogens is 1. The van der Waals surface area contributed by atoms with Crippen molar-refractivity contribution in [1.82, 2.24) is 9.88 Å². The number of aliphatic hydroxyl groups excluding tert-OH is 1. The second-order valence-corrected chi connectivity index (χ2v) is 7.15. The van der Waals surface area contributed by atoms with Crippen LogP contribution in [0.2, 0.25) is 5.02 Å². The molecule has 32 heavy (non-hydrogen) atoms. The highest BCUT2D eigenvalue weighted by Gasteiger charge is 2.18. The number of hydrogen-bond donors (Lipinski definition) is 2. The molecule has 1 aromatic heterocycles. The normalized spacial score (nSPS) is 10.8. The minimum atomic E-state index is -0.815. The van der Waals surface area contributed by atoms with Gasteiger partial charge in [0.25, 0.3) is 11.5 Å². The highest BCUT2D eigenvalue weighted by molar-refractivity contribution is 6.31. The van der Waals surface area contributed by atoms with E-state index in [-0.39, 0.29) is 53.0 Å². The molecule has 0 aliphatic heterocycles. The van der Waals surface area contributed by atoms with Crippen LogP contribution in [0.4, 0.5) is 13.2 Å². The average molecular weight is 467 g/mol. The second kappa shape index (κ2) is 9.88. The monoisotopic (exact) mass is 466 g/mol. The first-order valence-electron chi connectivity index (χ1n) is 9.40. The van der Waals surface area contributed by atoms with E-state index in [4.69, 9.17) is 21.4 Å². The largest absolute Gasteiger partial charge is 0.487 e. The van der Waals surface area contributed by atoms with Crippen molar-refractivity contribution in [3.8, 4) is 11.4 Å². The van der Waals surface area contributed by atoms with E-state index in [1.807, 2.05) is 0 Å². The van der Waals surface area contributed by atoms with Crippen LogP contribution in [-0.4, -0.2) is 28.7 Å². The van der Waals surface area contributed by atoms with Gasteiger partial charge in [0, 0.05) is 35.5 Å². The van der Waals surface area contributed by atoms with Crippen LogP contribution in [-0.2, 0) is 6.61 Å². The molecular weight excluding hydrogens is 449 g/mol. The van der Waals surface area contributed by atoms with Crippen molar-refractivity contribution in [2.45, 2.75) is 13.5 Å². The number of nitrogens with zero attached hydrogens (tertiary/aromatic N) is 1. The Morgan fingerprint density at radius 1 is 1.12 bits per heavy atom. The molecule has 0 spiro atoms. The fourth-order valence-corrected chi connectivity index (χ4v) is 3.17. The molecule has 0 aliphatic rings. The first kappa shape index (κ1) is 23.4. The van der Waals surface area contributed by atoms with Gasteiger partial charge in [0.15, 0.2) is 0 Å².